The second-order valence-electron chi connectivity index (χ2n) is 7.49. The van der Waals surface area contributed by atoms with Crippen molar-refractivity contribution >= 4 is 29.0 Å². The number of likely N-dealkylation sites (N-methyl/N-ethyl adjacent to an activating group) is 1. The number of nitrogen functional groups attached to an aromatic ring is 1. The Morgan fingerprint density at radius 1 is 1.06 bits per heavy atom. The zero-order valence-electron chi connectivity index (χ0n) is 17.7. The molecule has 1 saturated heterocycles. The lowest BCUT2D eigenvalue weighted by molar-refractivity contribution is -0.113. The van der Waals surface area contributed by atoms with E-state index in [0.29, 0.717) is 5.16 Å². The maximum absolute atomic E-state index is 12.4. The van der Waals surface area contributed by atoms with E-state index in [-0.39, 0.29) is 11.7 Å². The Morgan fingerprint density at radius 2 is 1.77 bits per heavy atom. The molecular formula is C23H28N6OS. The summed E-state index contributed by atoms with van der Waals surface area (Å²) >= 11 is 1.32. The third-order valence-electron chi connectivity index (χ3n) is 5.44. The summed E-state index contributed by atoms with van der Waals surface area (Å²) in [6.07, 6.45) is 1.77. The monoisotopic (exact) mass is 436 g/mol. The Morgan fingerprint density at radius 3 is 2.45 bits per heavy atom. The van der Waals surface area contributed by atoms with Gasteiger partial charge in [0, 0.05) is 43.1 Å². The van der Waals surface area contributed by atoms with E-state index in [2.05, 4.69) is 39.2 Å². The van der Waals surface area contributed by atoms with Crippen LogP contribution in [0, 0.1) is 0 Å². The number of hydrogen-bond donors (Lipinski definition) is 2. The Labute approximate surface area is 187 Å². The molecule has 0 saturated carbocycles. The van der Waals surface area contributed by atoms with E-state index in [1.54, 1.807) is 6.20 Å². The first-order valence-corrected chi connectivity index (χ1v) is 11.5. The molecule has 2 heterocycles. The van der Waals surface area contributed by atoms with Gasteiger partial charge in [-0.2, -0.15) is 0 Å². The molecule has 1 amide bonds. The number of nitrogens with two attached hydrogens (primary N) is 1. The zero-order chi connectivity index (χ0) is 21.6. The van der Waals surface area contributed by atoms with E-state index in [4.69, 9.17) is 5.84 Å². The van der Waals surface area contributed by atoms with Crippen LogP contribution in [0.1, 0.15) is 6.92 Å². The van der Waals surface area contributed by atoms with Crippen molar-refractivity contribution in [3.63, 3.8) is 0 Å². The van der Waals surface area contributed by atoms with Crippen LogP contribution in [-0.4, -0.2) is 58.9 Å². The Hall–Kier alpha value is -2.97. The standard InChI is InChI=1S/C23H28N6OS/c1-2-27-12-14-28(15-13-27)20-10-8-19(9-11-20)25-22(30)17-31-23-26-21(16-29(23)24)18-6-4-3-5-7-18/h3-11,16H,2,12-15,17,24H2,1H3,(H,25,30). The van der Waals surface area contributed by atoms with Crippen LogP contribution in [-0.2, 0) is 4.79 Å². The van der Waals surface area contributed by atoms with Crippen LogP contribution in [0.15, 0.2) is 66.0 Å². The predicted octanol–water partition coefficient (Wildman–Crippen LogP) is 3.14. The molecule has 31 heavy (non-hydrogen) atoms. The van der Waals surface area contributed by atoms with Gasteiger partial charge in [-0.25, -0.2) is 9.66 Å². The highest BCUT2D eigenvalue weighted by atomic mass is 32.2. The molecular weight excluding hydrogens is 408 g/mol. The Bertz CT molecular complexity index is 997. The van der Waals surface area contributed by atoms with Gasteiger partial charge in [0.25, 0.3) is 0 Å². The summed E-state index contributed by atoms with van der Waals surface area (Å²) in [5, 5.41) is 3.56. The number of nitrogens with one attached hydrogen (secondary N) is 1. The summed E-state index contributed by atoms with van der Waals surface area (Å²) in [6, 6.07) is 17.9. The summed E-state index contributed by atoms with van der Waals surface area (Å²) < 4.78 is 1.47. The zero-order valence-corrected chi connectivity index (χ0v) is 18.5. The summed E-state index contributed by atoms with van der Waals surface area (Å²) in [5.74, 6) is 6.17. The number of thioether (sulfide) groups is 1. The van der Waals surface area contributed by atoms with Crippen LogP contribution >= 0.6 is 11.8 Å². The molecule has 3 N–H and O–H groups in total. The van der Waals surface area contributed by atoms with Crippen LogP contribution in [0.5, 0.6) is 0 Å². The normalized spacial score (nSPS) is 14.5. The lowest BCUT2D eigenvalue weighted by Gasteiger charge is -2.35. The fourth-order valence-corrected chi connectivity index (χ4v) is 4.33. The van der Waals surface area contributed by atoms with E-state index < -0.39 is 0 Å². The van der Waals surface area contributed by atoms with Gasteiger partial charge in [-0.15, -0.1) is 0 Å². The van der Waals surface area contributed by atoms with Gasteiger partial charge in [-0.3, -0.25) is 4.79 Å². The summed E-state index contributed by atoms with van der Waals surface area (Å²) in [4.78, 5) is 21.8. The highest BCUT2D eigenvalue weighted by Crippen LogP contribution is 2.23. The van der Waals surface area contributed by atoms with E-state index >= 15 is 0 Å². The molecule has 0 bridgehead atoms. The van der Waals surface area contributed by atoms with Crippen molar-refractivity contribution in [2.45, 2.75) is 12.1 Å². The minimum Gasteiger partial charge on any atom is -0.369 e. The number of imidazole rings is 1. The number of anilines is 2. The fraction of sp³-hybridized carbons (Fsp3) is 0.304. The van der Waals surface area contributed by atoms with E-state index in [0.717, 1.165) is 49.7 Å². The number of aromatic nitrogens is 2. The molecule has 0 atom stereocenters. The van der Waals surface area contributed by atoms with Gasteiger partial charge in [0.05, 0.1) is 17.6 Å². The number of piperazine rings is 1. The number of rotatable bonds is 7. The van der Waals surface area contributed by atoms with Crippen molar-refractivity contribution in [3.8, 4) is 11.3 Å². The molecule has 1 fully saturated rings. The minimum atomic E-state index is -0.0847. The molecule has 162 valence electrons. The van der Waals surface area contributed by atoms with Gasteiger partial charge in [-0.1, -0.05) is 49.0 Å². The lowest BCUT2D eigenvalue weighted by Crippen LogP contribution is -2.46. The van der Waals surface area contributed by atoms with Gasteiger partial charge in [0.2, 0.25) is 5.91 Å². The quantitative estimate of drug-likeness (QED) is 0.438. The first-order valence-electron chi connectivity index (χ1n) is 10.5. The number of nitrogens with zero attached hydrogens (tertiary/aromatic N) is 4. The second-order valence-corrected chi connectivity index (χ2v) is 8.43. The van der Waals surface area contributed by atoms with Crippen LogP contribution in [0.3, 0.4) is 0 Å². The van der Waals surface area contributed by atoms with Crippen molar-refractivity contribution in [1.29, 1.82) is 0 Å². The largest absolute Gasteiger partial charge is 0.369 e. The highest BCUT2D eigenvalue weighted by molar-refractivity contribution is 7.99. The van der Waals surface area contributed by atoms with Crippen molar-refractivity contribution in [2.75, 3.05) is 54.5 Å². The van der Waals surface area contributed by atoms with E-state index in [1.165, 1.54) is 22.1 Å². The maximum Gasteiger partial charge on any atom is 0.234 e. The van der Waals surface area contributed by atoms with Gasteiger partial charge in [-0.05, 0) is 30.8 Å². The number of carbonyl (C=O) groups excluding carboxylic acids is 1. The SMILES string of the molecule is CCN1CCN(c2ccc(NC(=O)CSc3nc(-c4ccccc4)cn3N)cc2)CC1. The molecule has 0 unspecified atom stereocenters. The molecule has 1 aliphatic heterocycles. The van der Waals surface area contributed by atoms with Crippen molar-refractivity contribution < 1.29 is 4.79 Å². The molecule has 7 nitrogen and oxygen atoms in total. The third kappa shape index (κ3) is 5.39. The summed E-state index contributed by atoms with van der Waals surface area (Å²) in [5.41, 5.74) is 3.78. The number of amides is 1. The molecule has 3 aromatic rings. The molecule has 2 aromatic carbocycles. The lowest BCUT2D eigenvalue weighted by atomic mass is 10.2. The highest BCUT2D eigenvalue weighted by Gasteiger charge is 2.16. The van der Waals surface area contributed by atoms with E-state index in [1.807, 2.05) is 42.5 Å². The van der Waals surface area contributed by atoms with Crippen LogP contribution in [0.2, 0.25) is 0 Å². The molecule has 0 radical (unpaired) electrons. The first-order chi connectivity index (χ1) is 15.1. The van der Waals surface area contributed by atoms with Gasteiger partial charge < -0.3 is 21.0 Å². The van der Waals surface area contributed by atoms with Crippen LogP contribution in [0.25, 0.3) is 11.3 Å². The maximum atomic E-state index is 12.4. The predicted molar refractivity (Wildman–Crippen MR) is 128 cm³/mol. The average molecular weight is 437 g/mol. The molecule has 0 aliphatic carbocycles. The molecule has 1 aromatic heterocycles. The molecule has 8 heteroatoms. The number of hydrogen-bond acceptors (Lipinski definition) is 6. The Kier molecular flexibility index (Phi) is 6.79. The smallest absolute Gasteiger partial charge is 0.234 e. The summed E-state index contributed by atoms with van der Waals surface area (Å²) in [6.45, 7) is 7.56. The molecule has 0 spiro atoms. The first kappa shape index (κ1) is 21.3. The van der Waals surface area contributed by atoms with Gasteiger partial charge in [0.15, 0.2) is 5.16 Å². The van der Waals surface area contributed by atoms with Crippen LogP contribution < -0.4 is 16.1 Å². The summed E-state index contributed by atoms with van der Waals surface area (Å²) in [7, 11) is 0. The number of carbonyl (C=O) groups is 1. The van der Waals surface area contributed by atoms with Gasteiger partial charge >= 0.3 is 0 Å². The number of benzene rings is 2. The fourth-order valence-electron chi connectivity index (χ4n) is 3.64. The molecule has 1 aliphatic rings. The van der Waals surface area contributed by atoms with Crippen molar-refractivity contribution in [1.82, 2.24) is 14.6 Å². The average Bonchev–Trinajstić information content (AvgIpc) is 3.19. The van der Waals surface area contributed by atoms with Gasteiger partial charge in [0.1, 0.15) is 0 Å². The second kappa shape index (κ2) is 9.89. The molecule has 4 rings (SSSR count). The topological polar surface area (TPSA) is 79.4 Å². The van der Waals surface area contributed by atoms with E-state index in [9.17, 15) is 4.79 Å². The van der Waals surface area contributed by atoms with Crippen LogP contribution in [0.4, 0.5) is 11.4 Å². The van der Waals surface area contributed by atoms with Crippen molar-refractivity contribution in [2.24, 2.45) is 0 Å². The third-order valence-corrected chi connectivity index (χ3v) is 6.40. The minimum absolute atomic E-state index is 0.0847. The Balaban J connectivity index is 1.29. The van der Waals surface area contributed by atoms with Crippen molar-refractivity contribution in [3.05, 3.63) is 60.8 Å².